The minimum Gasteiger partial charge on any atom is -0.497 e. The highest BCUT2D eigenvalue weighted by Gasteiger charge is 2.46. The zero-order valence-electron chi connectivity index (χ0n) is 37.7. The number of benzene rings is 3. The Balaban J connectivity index is 1.19. The van der Waals surface area contributed by atoms with E-state index in [9.17, 15) is 0 Å². The smallest absolute Gasteiger partial charge is 0.229 e. The molecule has 4 bridgehead atoms. The average Bonchev–Trinajstić information content (AvgIpc) is 3.37. The largest absolute Gasteiger partial charge is 0.497 e. The first-order valence-electron chi connectivity index (χ1n) is 23.1. The second-order valence-corrected chi connectivity index (χ2v) is 18.0. The van der Waals surface area contributed by atoms with E-state index < -0.39 is 12.2 Å². The number of pyridine rings is 2. The summed E-state index contributed by atoms with van der Waals surface area (Å²) in [5, 5.41) is 1.95. The molecule has 0 radical (unpaired) electrons. The lowest BCUT2D eigenvalue weighted by molar-refractivity contribution is -0.0392. The molecule has 3 aromatic carbocycles. The molecule has 10 nitrogen and oxygen atoms in total. The summed E-state index contributed by atoms with van der Waals surface area (Å²) in [6, 6.07) is 26.5. The lowest BCUT2D eigenvalue weighted by atomic mass is 9.73. The van der Waals surface area contributed by atoms with Gasteiger partial charge in [0.2, 0.25) is 11.8 Å². The maximum absolute atomic E-state index is 7.67. The molecule has 9 heterocycles. The fourth-order valence-electron chi connectivity index (χ4n) is 11.3. The van der Waals surface area contributed by atoms with Crippen LogP contribution < -0.4 is 18.9 Å². The number of hydrogen-bond acceptors (Lipinski definition) is 10. The van der Waals surface area contributed by atoms with Crippen LogP contribution in [0, 0.1) is 23.7 Å². The van der Waals surface area contributed by atoms with Crippen molar-refractivity contribution in [2.45, 2.75) is 56.9 Å². The molecular formula is C55H58N6O4. The van der Waals surface area contributed by atoms with Crippen LogP contribution in [0.5, 0.6) is 23.3 Å². The van der Waals surface area contributed by atoms with E-state index in [1.165, 1.54) is 0 Å². The van der Waals surface area contributed by atoms with Gasteiger partial charge in [0.15, 0.2) is 5.82 Å². The Morgan fingerprint density at radius 1 is 0.677 bits per heavy atom. The molecule has 6 saturated heterocycles. The van der Waals surface area contributed by atoms with Crippen LogP contribution in [0.1, 0.15) is 61.5 Å². The number of allylic oxidation sites excluding steroid dienone is 3. The van der Waals surface area contributed by atoms with Gasteiger partial charge in [0.1, 0.15) is 29.3 Å². The number of aromatic nitrogens is 4. The molecule has 0 saturated carbocycles. The Labute approximate surface area is 382 Å². The summed E-state index contributed by atoms with van der Waals surface area (Å²) in [4.78, 5) is 25.6. The topological polar surface area (TPSA) is 95.0 Å². The van der Waals surface area contributed by atoms with E-state index in [1.807, 2.05) is 86.1 Å². The van der Waals surface area contributed by atoms with Gasteiger partial charge in [-0.05, 0) is 123 Å². The zero-order valence-corrected chi connectivity index (χ0v) is 37.7. The van der Waals surface area contributed by atoms with Crippen molar-refractivity contribution in [1.82, 2.24) is 29.7 Å². The van der Waals surface area contributed by atoms with Crippen molar-refractivity contribution < 1.29 is 18.9 Å². The van der Waals surface area contributed by atoms with Crippen LogP contribution in [-0.2, 0) is 0 Å². The molecule has 0 aliphatic carbocycles. The van der Waals surface area contributed by atoms with Crippen LogP contribution in [0.2, 0.25) is 0 Å². The van der Waals surface area contributed by atoms with Crippen LogP contribution >= 0.6 is 0 Å². The molecule has 332 valence electrons. The Bertz CT molecular complexity index is 2620. The van der Waals surface area contributed by atoms with Crippen LogP contribution in [0.15, 0.2) is 135 Å². The third kappa shape index (κ3) is 7.97. The number of piperidine rings is 6. The summed E-state index contributed by atoms with van der Waals surface area (Å²) < 4.78 is 26.9. The standard InChI is InChI=1S/C55H58N6O4/c1-7-34(8-2)50-54(64-51(48-28-38-22-26-60(48)32-35(38)9-3)42-20-24-56-46-18-16-40(62-5)30-44(42)46)58-53(37-14-12-11-13-15-37)59-55(50)65-52(49-29-39-23-27-61(49)33-36(39)10-4)43-21-25-57-47-19-17-41(63-6)31-45(43)47/h7-21,24-25,30-31,35-36,38-39,48-49,51-52H,1,3-4,22-23,26-29,32-33H2,2,5-6H3. The van der Waals surface area contributed by atoms with Crippen molar-refractivity contribution in [1.29, 1.82) is 0 Å². The number of nitrogens with zero attached hydrogens (tertiary/aromatic N) is 6. The highest BCUT2D eigenvalue weighted by molar-refractivity contribution is 5.85. The summed E-state index contributed by atoms with van der Waals surface area (Å²) in [5.74, 6) is 4.73. The number of rotatable bonds is 15. The van der Waals surface area contributed by atoms with Gasteiger partial charge < -0.3 is 18.9 Å². The van der Waals surface area contributed by atoms with Crippen molar-refractivity contribution in [3.05, 3.63) is 152 Å². The fourth-order valence-corrected chi connectivity index (χ4v) is 11.3. The normalized spacial score (nSPS) is 25.7. The molecule has 10 atom stereocenters. The van der Waals surface area contributed by atoms with Crippen molar-refractivity contribution >= 4 is 27.4 Å². The molecule has 0 spiro atoms. The second-order valence-electron chi connectivity index (χ2n) is 18.0. The molecular weight excluding hydrogens is 809 g/mol. The molecule has 65 heavy (non-hydrogen) atoms. The van der Waals surface area contributed by atoms with Gasteiger partial charge in [0.05, 0.1) is 37.3 Å². The summed E-state index contributed by atoms with van der Waals surface area (Å²) >= 11 is 0. The molecule has 6 aromatic rings. The number of fused-ring (bicyclic) bond motifs is 8. The van der Waals surface area contributed by atoms with E-state index >= 15 is 0 Å². The van der Waals surface area contributed by atoms with Crippen LogP contribution in [0.25, 0.3) is 38.8 Å². The van der Waals surface area contributed by atoms with Crippen molar-refractivity contribution in [3.8, 4) is 34.6 Å². The molecule has 6 aliphatic rings. The number of methoxy groups -OCH3 is 2. The molecule has 10 unspecified atom stereocenters. The van der Waals surface area contributed by atoms with Gasteiger partial charge in [-0.1, -0.05) is 61.2 Å². The van der Waals surface area contributed by atoms with E-state index in [4.69, 9.17) is 38.9 Å². The predicted molar refractivity (Wildman–Crippen MR) is 258 cm³/mol. The lowest BCUT2D eigenvalue weighted by Crippen LogP contribution is -2.55. The van der Waals surface area contributed by atoms with Crippen molar-refractivity contribution in [2.75, 3.05) is 40.4 Å². The van der Waals surface area contributed by atoms with E-state index in [0.29, 0.717) is 46.8 Å². The minimum absolute atomic E-state index is 0.0428. The average molecular weight is 867 g/mol. The van der Waals surface area contributed by atoms with Gasteiger partial charge in [-0.2, -0.15) is 9.97 Å². The fraction of sp³-hybridized carbons (Fsp3) is 0.345. The Kier molecular flexibility index (Phi) is 12.0. The molecule has 0 amide bonds. The van der Waals surface area contributed by atoms with Gasteiger partial charge in [0.25, 0.3) is 0 Å². The third-order valence-corrected chi connectivity index (χ3v) is 14.8. The summed E-state index contributed by atoms with van der Waals surface area (Å²) in [6.45, 7) is 18.6. The summed E-state index contributed by atoms with van der Waals surface area (Å²) in [6.07, 6.45) is 15.2. The van der Waals surface area contributed by atoms with Gasteiger partial charge in [0, 0.05) is 52.9 Å². The second kappa shape index (κ2) is 18.3. The predicted octanol–water partition coefficient (Wildman–Crippen LogP) is 10.9. The molecule has 6 aliphatic heterocycles. The molecule has 0 N–H and O–H groups in total. The SMILES string of the molecule is C=CC(=CC)c1c(OC(c2ccnc3ccc(OC)cc23)C2CC3CCN2CC3C=C)nc(-c2ccccc2)nc1OC(c1ccnc2ccc(OC)cc12)C1CC2CCN1CC2C=C. The van der Waals surface area contributed by atoms with Gasteiger partial charge in [-0.3, -0.25) is 19.8 Å². The monoisotopic (exact) mass is 866 g/mol. The molecule has 10 heteroatoms. The maximum atomic E-state index is 7.67. The first-order valence-corrected chi connectivity index (χ1v) is 23.1. The maximum Gasteiger partial charge on any atom is 0.229 e. The zero-order chi connectivity index (χ0) is 44.6. The number of ether oxygens (including phenoxy) is 4. The highest BCUT2D eigenvalue weighted by Crippen LogP contribution is 2.48. The molecule has 12 rings (SSSR count). The van der Waals surface area contributed by atoms with Gasteiger partial charge >= 0.3 is 0 Å². The Morgan fingerprint density at radius 3 is 1.60 bits per heavy atom. The summed E-state index contributed by atoms with van der Waals surface area (Å²) in [7, 11) is 3.40. The highest BCUT2D eigenvalue weighted by atomic mass is 16.5. The van der Waals surface area contributed by atoms with E-state index in [2.05, 4.69) is 66.0 Å². The van der Waals surface area contributed by atoms with E-state index in [0.717, 1.165) is 107 Å². The molecule has 3 aromatic heterocycles. The van der Waals surface area contributed by atoms with E-state index in [-0.39, 0.29) is 12.1 Å². The summed E-state index contributed by atoms with van der Waals surface area (Å²) in [5.41, 5.74) is 6.10. The Morgan fingerprint density at radius 2 is 1.18 bits per heavy atom. The van der Waals surface area contributed by atoms with Crippen LogP contribution in [0.3, 0.4) is 0 Å². The van der Waals surface area contributed by atoms with Crippen LogP contribution in [-0.4, -0.2) is 82.2 Å². The van der Waals surface area contributed by atoms with E-state index in [1.54, 1.807) is 14.2 Å². The van der Waals surface area contributed by atoms with Gasteiger partial charge in [-0.25, -0.2) is 0 Å². The quantitative estimate of drug-likeness (QED) is 0.0733. The lowest BCUT2D eigenvalue weighted by Gasteiger charge is -2.51. The molecule has 6 fully saturated rings. The van der Waals surface area contributed by atoms with Crippen molar-refractivity contribution in [2.24, 2.45) is 23.7 Å². The van der Waals surface area contributed by atoms with Gasteiger partial charge in [-0.15, -0.1) is 13.2 Å². The first kappa shape index (κ1) is 42.6. The third-order valence-electron chi connectivity index (χ3n) is 14.8. The minimum atomic E-state index is -0.447. The Hall–Kier alpha value is -6.36. The number of hydrogen-bond donors (Lipinski definition) is 0. The van der Waals surface area contributed by atoms with Crippen LogP contribution in [0.4, 0.5) is 0 Å². The first-order chi connectivity index (χ1) is 31.9. The van der Waals surface area contributed by atoms with Crippen molar-refractivity contribution in [3.63, 3.8) is 0 Å².